The molecule has 1 rings (SSSR count). The summed E-state index contributed by atoms with van der Waals surface area (Å²) < 4.78 is 5.13. The summed E-state index contributed by atoms with van der Waals surface area (Å²) in [6.07, 6.45) is 0. The average molecular weight is 236 g/mol. The fourth-order valence-corrected chi connectivity index (χ4v) is 1.56. The molecule has 0 aliphatic heterocycles. The molecule has 4 heteroatoms. The number of ether oxygens (including phenoxy) is 1. The van der Waals surface area contributed by atoms with Gasteiger partial charge in [0.2, 0.25) is 5.91 Å². The van der Waals surface area contributed by atoms with E-state index in [2.05, 4.69) is 19.2 Å². The van der Waals surface area contributed by atoms with Crippen LogP contribution in [0.25, 0.3) is 0 Å². The average Bonchev–Trinajstić information content (AvgIpc) is 2.28. The minimum Gasteiger partial charge on any atom is -0.497 e. The van der Waals surface area contributed by atoms with Crippen LogP contribution < -0.4 is 15.8 Å². The van der Waals surface area contributed by atoms with Gasteiger partial charge in [0.05, 0.1) is 7.11 Å². The van der Waals surface area contributed by atoms with Crippen molar-refractivity contribution in [3.05, 3.63) is 29.8 Å². The van der Waals surface area contributed by atoms with Crippen molar-refractivity contribution in [1.29, 1.82) is 0 Å². The molecule has 1 aromatic carbocycles. The van der Waals surface area contributed by atoms with Crippen LogP contribution in [-0.4, -0.2) is 19.6 Å². The zero-order chi connectivity index (χ0) is 12.8. The molecule has 1 amide bonds. The van der Waals surface area contributed by atoms with E-state index in [1.54, 1.807) is 7.11 Å². The number of hydrogen-bond acceptors (Lipinski definition) is 3. The van der Waals surface area contributed by atoms with Crippen LogP contribution in [0.1, 0.15) is 25.5 Å². The number of carbonyl (C=O) groups excluding carboxylic acids is 1. The third kappa shape index (κ3) is 4.07. The molecule has 0 aliphatic rings. The highest BCUT2D eigenvalue weighted by Gasteiger charge is 2.17. The molecule has 4 nitrogen and oxygen atoms in total. The second-order valence-corrected chi connectivity index (χ2v) is 4.41. The van der Waals surface area contributed by atoms with Crippen molar-refractivity contribution in [3.63, 3.8) is 0 Å². The molecule has 1 atom stereocenters. The molecule has 0 radical (unpaired) electrons. The fourth-order valence-electron chi connectivity index (χ4n) is 1.56. The zero-order valence-corrected chi connectivity index (χ0v) is 10.6. The largest absolute Gasteiger partial charge is 0.497 e. The molecule has 3 N–H and O–H groups in total. The summed E-state index contributed by atoms with van der Waals surface area (Å²) in [7, 11) is 1.60. The van der Waals surface area contributed by atoms with Crippen molar-refractivity contribution >= 4 is 5.91 Å². The van der Waals surface area contributed by atoms with Gasteiger partial charge in [0.15, 0.2) is 0 Å². The van der Waals surface area contributed by atoms with Gasteiger partial charge in [0, 0.05) is 0 Å². The first kappa shape index (κ1) is 13.5. The Morgan fingerprint density at radius 3 is 2.71 bits per heavy atom. The van der Waals surface area contributed by atoms with Gasteiger partial charge in [-0.1, -0.05) is 26.0 Å². The van der Waals surface area contributed by atoms with Gasteiger partial charge >= 0.3 is 0 Å². The maximum atomic E-state index is 11.4. The van der Waals surface area contributed by atoms with Gasteiger partial charge in [-0.15, -0.1) is 0 Å². The Bertz CT molecular complexity index is 377. The first-order valence-corrected chi connectivity index (χ1v) is 5.71. The van der Waals surface area contributed by atoms with Crippen LogP contribution in [0.4, 0.5) is 0 Å². The van der Waals surface area contributed by atoms with E-state index in [0.29, 0.717) is 5.92 Å². The lowest BCUT2D eigenvalue weighted by molar-refractivity contribution is -0.120. The first-order valence-electron chi connectivity index (χ1n) is 5.71. The number of methoxy groups -OCH3 is 1. The fraction of sp³-hybridized carbons (Fsp3) is 0.462. The molecule has 94 valence electrons. The van der Waals surface area contributed by atoms with E-state index in [1.807, 2.05) is 24.3 Å². The molecule has 0 aromatic heterocycles. The van der Waals surface area contributed by atoms with Crippen molar-refractivity contribution in [2.24, 2.45) is 11.7 Å². The van der Waals surface area contributed by atoms with E-state index in [4.69, 9.17) is 10.5 Å². The van der Waals surface area contributed by atoms with E-state index < -0.39 is 6.04 Å². The highest BCUT2D eigenvalue weighted by Crippen LogP contribution is 2.19. The summed E-state index contributed by atoms with van der Waals surface area (Å²) in [6, 6.07) is 6.91. The van der Waals surface area contributed by atoms with Crippen molar-refractivity contribution in [2.45, 2.75) is 19.9 Å². The Balaban J connectivity index is 2.85. The minimum atomic E-state index is -0.465. The molecule has 0 aliphatic carbocycles. The van der Waals surface area contributed by atoms with E-state index in [0.717, 1.165) is 17.9 Å². The Morgan fingerprint density at radius 2 is 2.18 bits per heavy atom. The number of benzene rings is 1. The monoisotopic (exact) mass is 236 g/mol. The van der Waals surface area contributed by atoms with Gasteiger partial charge in [0.25, 0.3) is 0 Å². The Hall–Kier alpha value is -1.55. The second kappa shape index (κ2) is 6.25. The number of rotatable bonds is 6. The summed E-state index contributed by atoms with van der Waals surface area (Å²) in [5.41, 5.74) is 6.24. The number of hydrogen-bond donors (Lipinski definition) is 2. The van der Waals surface area contributed by atoms with E-state index >= 15 is 0 Å². The molecule has 0 fully saturated rings. The summed E-state index contributed by atoms with van der Waals surface area (Å²) in [5.74, 6) is 0.807. The van der Waals surface area contributed by atoms with Crippen LogP contribution in [0.3, 0.4) is 0 Å². The van der Waals surface area contributed by atoms with E-state index in [1.165, 1.54) is 0 Å². The predicted octanol–water partition coefficient (Wildman–Crippen LogP) is 1.47. The smallest absolute Gasteiger partial charge is 0.239 e. The molecule has 0 heterocycles. The maximum Gasteiger partial charge on any atom is 0.239 e. The van der Waals surface area contributed by atoms with Gasteiger partial charge in [-0.25, -0.2) is 0 Å². The van der Waals surface area contributed by atoms with Crippen LogP contribution in [-0.2, 0) is 4.79 Å². The van der Waals surface area contributed by atoms with Crippen LogP contribution in [0.2, 0.25) is 0 Å². The summed E-state index contributed by atoms with van der Waals surface area (Å²) in [6.45, 7) is 4.90. The van der Waals surface area contributed by atoms with E-state index in [9.17, 15) is 4.79 Å². The van der Waals surface area contributed by atoms with Gasteiger partial charge in [0.1, 0.15) is 11.8 Å². The van der Waals surface area contributed by atoms with Gasteiger partial charge < -0.3 is 15.8 Å². The first-order chi connectivity index (χ1) is 8.04. The van der Waals surface area contributed by atoms with Gasteiger partial charge in [-0.2, -0.15) is 0 Å². The van der Waals surface area contributed by atoms with Crippen molar-refractivity contribution in [2.75, 3.05) is 13.7 Å². The molecule has 1 aromatic rings. The minimum absolute atomic E-state index is 0.376. The van der Waals surface area contributed by atoms with Gasteiger partial charge in [-0.3, -0.25) is 4.79 Å². The van der Waals surface area contributed by atoms with Gasteiger partial charge in [-0.05, 0) is 30.2 Å². The molecular formula is C13H20N2O2. The molecule has 0 saturated heterocycles. The Kier molecular flexibility index (Phi) is 4.97. The topological polar surface area (TPSA) is 64.3 Å². The lowest BCUT2D eigenvalue weighted by Crippen LogP contribution is -2.35. The number of nitrogens with two attached hydrogens (primary N) is 1. The molecule has 0 spiro atoms. The summed E-state index contributed by atoms with van der Waals surface area (Å²) in [4.78, 5) is 11.4. The lowest BCUT2D eigenvalue weighted by atomic mass is 10.1. The molecular weight excluding hydrogens is 216 g/mol. The van der Waals surface area contributed by atoms with Crippen LogP contribution in [0, 0.1) is 5.92 Å². The van der Waals surface area contributed by atoms with Crippen LogP contribution >= 0.6 is 0 Å². The summed E-state index contributed by atoms with van der Waals surface area (Å²) in [5, 5.41) is 3.16. The molecule has 0 saturated carbocycles. The van der Waals surface area contributed by atoms with Crippen molar-refractivity contribution in [3.8, 4) is 5.75 Å². The van der Waals surface area contributed by atoms with Crippen molar-refractivity contribution in [1.82, 2.24) is 5.32 Å². The zero-order valence-electron chi connectivity index (χ0n) is 10.6. The molecule has 17 heavy (non-hydrogen) atoms. The number of nitrogens with one attached hydrogen (secondary N) is 1. The highest BCUT2D eigenvalue weighted by atomic mass is 16.5. The van der Waals surface area contributed by atoms with Crippen LogP contribution in [0.15, 0.2) is 24.3 Å². The number of carbonyl (C=O) groups is 1. The quantitative estimate of drug-likeness (QED) is 0.786. The van der Waals surface area contributed by atoms with Crippen LogP contribution in [0.5, 0.6) is 5.75 Å². The molecule has 0 bridgehead atoms. The number of amides is 1. The normalized spacial score (nSPS) is 12.5. The maximum absolute atomic E-state index is 11.4. The SMILES string of the molecule is COc1cccc(C(NCC(C)C)C(N)=O)c1. The Morgan fingerprint density at radius 1 is 1.47 bits per heavy atom. The molecule has 1 unspecified atom stereocenters. The number of primary amides is 1. The summed E-state index contributed by atoms with van der Waals surface area (Å²) >= 11 is 0. The van der Waals surface area contributed by atoms with Crippen molar-refractivity contribution < 1.29 is 9.53 Å². The Labute approximate surface area is 102 Å². The predicted molar refractivity (Wildman–Crippen MR) is 67.8 cm³/mol. The lowest BCUT2D eigenvalue weighted by Gasteiger charge is -2.17. The highest BCUT2D eigenvalue weighted by molar-refractivity contribution is 5.81. The van der Waals surface area contributed by atoms with E-state index in [-0.39, 0.29) is 5.91 Å². The second-order valence-electron chi connectivity index (χ2n) is 4.41. The third-order valence-electron chi connectivity index (χ3n) is 2.44. The third-order valence-corrected chi connectivity index (χ3v) is 2.44. The standard InChI is InChI=1S/C13H20N2O2/c1-9(2)8-15-12(13(14)16)10-5-4-6-11(7-10)17-3/h4-7,9,12,15H,8H2,1-3H3,(H2,14,16).